The first-order chi connectivity index (χ1) is 13.7. The molecule has 156 valence electrons. The van der Waals surface area contributed by atoms with Crippen molar-refractivity contribution < 1.29 is 29.1 Å². The average Bonchev–Trinajstić information content (AvgIpc) is 2.64. The summed E-state index contributed by atoms with van der Waals surface area (Å²) in [5.41, 5.74) is -1.83. The Bertz CT molecular complexity index is 854. The molecule has 4 fully saturated rings. The second-order valence-corrected chi connectivity index (χ2v) is 8.73. The predicted octanol–water partition coefficient (Wildman–Crippen LogP) is 2.42. The van der Waals surface area contributed by atoms with Crippen molar-refractivity contribution in [2.75, 3.05) is 19.0 Å². The van der Waals surface area contributed by atoms with Gasteiger partial charge in [0.1, 0.15) is 11.4 Å². The van der Waals surface area contributed by atoms with E-state index >= 15 is 0 Å². The minimum Gasteiger partial charge on any atom is -0.496 e. The second-order valence-electron chi connectivity index (χ2n) is 8.73. The monoisotopic (exact) mass is 404 g/mol. The fourth-order valence-corrected chi connectivity index (χ4v) is 5.82. The van der Waals surface area contributed by atoms with Crippen molar-refractivity contribution in [1.29, 1.82) is 0 Å². The number of carbonyl (C=O) groups excluding carboxylic acids is 2. The summed E-state index contributed by atoms with van der Waals surface area (Å²) < 4.78 is 10.3. The van der Waals surface area contributed by atoms with Gasteiger partial charge in [-0.1, -0.05) is 0 Å². The number of anilines is 1. The molecule has 1 aromatic carbocycles. The van der Waals surface area contributed by atoms with Gasteiger partial charge in [-0.3, -0.25) is 19.7 Å². The number of nitrogens with zero attached hydrogens (tertiary/aromatic N) is 1. The molecule has 4 saturated carbocycles. The number of nitrogens with one attached hydrogen (secondary N) is 1. The quantitative estimate of drug-likeness (QED) is 0.423. The summed E-state index contributed by atoms with van der Waals surface area (Å²) in [5, 5.41) is 24.4. The lowest BCUT2D eigenvalue weighted by Gasteiger charge is -2.58. The van der Waals surface area contributed by atoms with Crippen molar-refractivity contribution in [2.24, 2.45) is 17.3 Å². The Morgan fingerprint density at radius 3 is 2.55 bits per heavy atom. The molecular weight excluding hydrogens is 380 g/mol. The van der Waals surface area contributed by atoms with Gasteiger partial charge in [-0.2, -0.15) is 0 Å². The van der Waals surface area contributed by atoms with Crippen LogP contribution in [0, 0.1) is 27.4 Å². The Kier molecular flexibility index (Phi) is 4.72. The van der Waals surface area contributed by atoms with Crippen LogP contribution in [0.4, 0.5) is 11.4 Å². The Labute approximate surface area is 167 Å². The van der Waals surface area contributed by atoms with Crippen LogP contribution in [0.5, 0.6) is 5.75 Å². The molecule has 1 aromatic rings. The maximum absolute atomic E-state index is 12.8. The Morgan fingerprint density at radius 2 is 1.97 bits per heavy atom. The molecule has 0 spiro atoms. The minimum absolute atomic E-state index is 0.000893. The normalized spacial score (nSPS) is 31.9. The van der Waals surface area contributed by atoms with E-state index in [4.69, 9.17) is 9.47 Å². The molecular formula is C20H24N2O7. The van der Waals surface area contributed by atoms with Gasteiger partial charge >= 0.3 is 5.97 Å². The van der Waals surface area contributed by atoms with Crippen LogP contribution >= 0.6 is 0 Å². The SMILES string of the molecule is COc1ccc(NC(=O)COC(=O)C23C[C@@H]4C[C@@H](CC(O)(C4)C2)C3)c([N+](=O)[O-])c1. The first-order valence-corrected chi connectivity index (χ1v) is 9.74. The third kappa shape index (κ3) is 3.66. The number of ether oxygens (including phenoxy) is 2. The third-order valence-electron chi connectivity index (χ3n) is 6.47. The second kappa shape index (κ2) is 6.98. The van der Waals surface area contributed by atoms with Crippen molar-refractivity contribution in [2.45, 2.75) is 44.1 Å². The molecule has 4 aliphatic carbocycles. The smallest absolute Gasteiger partial charge is 0.312 e. The lowest BCUT2D eigenvalue weighted by atomic mass is 9.48. The zero-order valence-electron chi connectivity index (χ0n) is 16.2. The molecule has 9 nitrogen and oxygen atoms in total. The van der Waals surface area contributed by atoms with Crippen LogP contribution in [0.15, 0.2) is 18.2 Å². The van der Waals surface area contributed by atoms with Gasteiger partial charge in [0.05, 0.1) is 29.1 Å². The predicted molar refractivity (Wildman–Crippen MR) is 101 cm³/mol. The molecule has 0 saturated heterocycles. The van der Waals surface area contributed by atoms with Crippen LogP contribution in [0.1, 0.15) is 38.5 Å². The highest BCUT2D eigenvalue weighted by atomic mass is 16.6. The molecule has 0 aromatic heterocycles. The summed E-state index contributed by atoms with van der Waals surface area (Å²) >= 11 is 0. The van der Waals surface area contributed by atoms with Gasteiger partial charge in [0.2, 0.25) is 0 Å². The van der Waals surface area contributed by atoms with E-state index in [1.165, 1.54) is 25.3 Å². The molecule has 2 unspecified atom stereocenters. The molecule has 0 radical (unpaired) electrons. The van der Waals surface area contributed by atoms with E-state index in [0.29, 0.717) is 36.8 Å². The summed E-state index contributed by atoms with van der Waals surface area (Å²) in [6.07, 6.45) is 4.28. The molecule has 1 amide bonds. The van der Waals surface area contributed by atoms with Crippen molar-refractivity contribution in [3.05, 3.63) is 28.3 Å². The highest BCUT2D eigenvalue weighted by Gasteiger charge is 2.60. The van der Waals surface area contributed by atoms with E-state index in [1.54, 1.807) is 0 Å². The molecule has 4 aliphatic rings. The van der Waals surface area contributed by atoms with Gasteiger partial charge in [-0.05, 0) is 62.5 Å². The summed E-state index contributed by atoms with van der Waals surface area (Å²) in [4.78, 5) is 35.7. The molecule has 4 bridgehead atoms. The molecule has 0 heterocycles. The maximum atomic E-state index is 12.8. The van der Waals surface area contributed by atoms with Crippen LogP contribution in [0.2, 0.25) is 0 Å². The standard InChI is InChI=1S/C20H24N2O7/c1-28-14-2-3-15(16(5-14)22(26)27)21-17(23)10-29-18(24)19-6-12-4-13(7-19)9-20(25,8-12)11-19/h2-3,5,12-13,25H,4,6-11H2,1H3,(H,21,23)/t12-,13+,19?,20?. The van der Waals surface area contributed by atoms with E-state index in [1.807, 2.05) is 0 Å². The van der Waals surface area contributed by atoms with E-state index in [9.17, 15) is 24.8 Å². The van der Waals surface area contributed by atoms with Crippen molar-refractivity contribution >= 4 is 23.3 Å². The maximum Gasteiger partial charge on any atom is 0.312 e. The Hall–Kier alpha value is -2.68. The fourth-order valence-electron chi connectivity index (χ4n) is 5.82. The van der Waals surface area contributed by atoms with Crippen LogP contribution in [-0.2, 0) is 14.3 Å². The summed E-state index contributed by atoms with van der Waals surface area (Å²) in [6, 6.07) is 4.06. The summed E-state index contributed by atoms with van der Waals surface area (Å²) in [6.45, 7) is -0.530. The number of carbonyl (C=O) groups is 2. The molecule has 4 atom stereocenters. The first kappa shape index (κ1) is 19.6. The largest absolute Gasteiger partial charge is 0.496 e. The molecule has 29 heavy (non-hydrogen) atoms. The average molecular weight is 404 g/mol. The number of amides is 1. The van der Waals surface area contributed by atoms with E-state index in [2.05, 4.69) is 5.32 Å². The lowest BCUT2D eigenvalue weighted by Crippen LogP contribution is -2.58. The van der Waals surface area contributed by atoms with Gasteiger partial charge in [-0.25, -0.2) is 0 Å². The summed E-state index contributed by atoms with van der Waals surface area (Å²) in [5.74, 6) is -0.172. The topological polar surface area (TPSA) is 128 Å². The zero-order chi connectivity index (χ0) is 20.8. The van der Waals surface area contributed by atoms with Gasteiger partial charge in [0.25, 0.3) is 11.6 Å². The van der Waals surface area contributed by atoms with Crippen LogP contribution in [-0.4, -0.2) is 41.2 Å². The number of esters is 1. The number of hydrogen-bond acceptors (Lipinski definition) is 7. The summed E-state index contributed by atoms with van der Waals surface area (Å²) in [7, 11) is 1.39. The van der Waals surface area contributed by atoms with E-state index in [0.717, 1.165) is 19.3 Å². The number of nitro groups is 1. The highest BCUT2D eigenvalue weighted by molar-refractivity contribution is 5.95. The van der Waals surface area contributed by atoms with Crippen LogP contribution in [0.3, 0.4) is 0 Å². The fraction of sp³-hybridized carbons (Fsp3) is 0.600. The number of methoxy groups -OCH3 is 1. The highest BCUT2D eigenvalue weighted by Crippen LogP contribution is 2.61. The molecule has 9 heteroatoms. The Morgan fingerprint density at radius 1 is 1.28 bits per heavy atom. The first-order valence-electron chi connectivity index (χ1n) is 9.74. The molecule has 2 N–H and O–H groups in total. The number of benzene rings is 1. The number of rotatable bonds is 6. The van der Waals surface area contributed by atoms with Gasteiger partial charge in [0.15, 0.2) is 6.61 Å². The minimum atomic E-state index is -0.797. The lowest BCUT2D eigenvalue weighted by molar-refractivity contribution is -0.384. The van der Waals surface area contributed by atoms with Gasteiger partial charge in [0, 0.05) is 0 Å². The number of aliphatic hydroxyl groups is 1. The van der Waals surface area contributed by atoms with Gasteiger partial charge in [-0.15, -0.1) is 0 Å². The van der Waals surface area contributed by atoms with Crippen molar-refractivity contribution in [3.63, 3.8) is 0 Å². The Balaban J connectivity index is 1.39. The van der Waals surface area contributed by atoms with E-state index in [-0.39, 0.29) is 11.4 Å². The van der Waals surface area contributed by atoms with Crippen LogP contribution < -0.4 is 10.1 Å². The van der Waals surface area contributed by atoms with Gasteiger partial charge < -0.3 is 19.9 Å². The third-order valence-corrected chi connectivity index (χ3v) is 6.47. The van der Waals surface area contributed by atoms with Crippen LogP contribution in [0.25, 0.3) is 0 Å². The molecule has 0 aliphatic heterocycles. The van der Waals surface area contributed by atoms with Crippen molar-refractivity contribution in [3.8, 4) is 5.75 Å². The van der Waals surface area contributed by atoms with E-state index < -0.39 is 34.4 Å². The number of hydrogen-bond donors (Lipinski definition) is 2. The molecule has 5 rings (SSSR count). The number of nitro benzene ring substituents is 1. The zero-order valence-corrected chi connectivity index (χ0v) is 16.2. The van der Waals surface area contributed by atoms with Crippen molar-refractivity contribution in [1.82, 2.24) is 0 Å².